The molecule has 0 aliphatic rings. The minimum atomic E-state index is -4.55. The maximum atomic E-state index is 13.2. The Morgan fingerprint density at radius 2 is 1.92 bits per heavy atom. The van der Waals surface area contributed by atoms with Crippen LogP contribution < -0.4 is 5.32 Å². The predicted molar refractivity (Wildman–Crippen MR) is 94.0 cm³/mol. The van der Waals surface area contributed by atoms with Crippen LogP contribution in [0, 0.1) is 0 Å². The molecule has 3 heterocycles. The lowest BCUT2D eigenvalue weighted by molar-refractivity contribution is -0.141. The molecule has 0 aliphatic carbocycles. The third-order valence-electron chi connectivity index (χ3n) is 3.55. The van der Waals surface area contributed by atoms with Crippen LogP contribution in [0.4, 0.5) is 19.0 Å². The number of hydrogen-bond donors (Lipinski definition) is 1. The monoisotopic (exact) mass is 379 g/mol. The molecule has 0 atom stereocenters. The summed E-state index contributed by atoms with van der Waals surface area (Å²) in [4.78, 5) is 17.2. The van der Waals surface area contributed by atoms with E-state index in [1.54, 1.807) is 23.5 Å². The SMILES string of the molecule is CCc1cnc(CCNc2cc(C(F)(F)F)nc(-c3ccncc3)n2)s1. The number of aromatic nitrogens is 4. The number of nitrogens with one attached hydrogen (secondary N) is 1. The zero-order valence-corrected chi connectivity index (χ0v) is 14.7. The van der Waals surface area contributed by atoms with Gasteiger partial charge in [-0.15, -0.1) is 11.3 Å². The zero-order valence-electron chi connectivity index (χ0n) is 13.9. The smallest absolute Gasteiger partial charge is 0.370 e. The number of rotatable bonds is 6. The first-order valence-corrected chi connectivity index (χ1v) is 8.81. The minimum Gasteiger partial charge on any atom is -0.370 e. The topological polar surface area (TPSA) is 63.6 Å². The number of pyridine rings is 1. The van der Waals surface area contributed by atoms with Crippen molar-refractivity contribution in [3.05, 3.63) is 52.4 Å². The molecule has 0 spiro atoms. The van der Waals surface area contributed by atoms with E-state index in [1.165, 1.54) is 17.3 Å². The number of alkyl halides is 3. The number of nitrogens with zero attached hydrogens (tertiary/aromatic N) is 4. The summed E-state index contributed by atoms with van der Waals surface area (Å²) in [6, 6.07) is 4.06. The van der Waals surface area contributed by atoms with Crippen molar-refractivity contribution in [1.29, 1.82) is 0 Å². The number of halogens is 3. The molecule has 0 saturated carbocycles. The van der Waals surface area contributed by atoms with Crippen molar-refractivity contribution in [2.45, 2.75) is 25.9 Å². The van der Waals surface area contributed by atoms with Crippen molar-refractivity contribution < 1.29 is 13.2 Å². The Hall–Kier alpha value is -2.55. The van der Waals surface area contributed by atoms with Gasteiger partial charge in [-0.05, 0) is 18.6 Å². The maximum absolute atomic E-state index is 13.2. The summed E-state index contributed by atoms with van der Waals surface area (Å²) >= 11 is 1.60. The van der Waals surface area contributed by atoms with Gasteiger partial charge in [0, 0.05) is 48.1 Å². The summed E-state index contributed by atoms with van der Waals surface area (Å²) in [6.45, 7) is 2.48. The van der Waals surface area contributed by atoms with Gasteiger partial charge in [0.05, 0.1) is 5.01 Å². The van der Waals surface area contributed by atoms with E-state index in [4.69, 9.17) is 0 Å². The van der Waals surface area contributed by atoms with Crippen molar-refractivity contribution in [2.75, 3.05) is 11.9 Å². The molecule has 26 heavy (non-hydrogen) atoms. The molecule has 1 N–H and O–H groups in total. The second kappa shape index (κ2) is 7.77. The highest BCUT2D eigenvalue weighted by Gasteiger charge is 2.33. The zero-order chi connectivity index (χ0) is 18.6. The van der Waals surface area contributed by atoms with E-state index in [-0.39, 0.29) is 11.6 Å². The molecule has 3 rings (SSSR count). The fourth-order valence-electron chi connectivity index (χ4n) is 2.24. The molecule has 9 heteroatoms. The van der Waals surface area contributed by atoms with Gasteiger partial charge < -0.3 is 5.32 Å². The summed E-state index contributed by atoms with van der Waals surface area (Å²) in [5.41, 5.74) is -0.508. The van der Waals surface area contributed by atoms with Crippen molar-refractivity contribution in [3.63, 3.8) is 0 Å². The molecule has 0 bridgehead atoms. The quantitative estimate of drug-likeness (QED) is 0.694. The molecule has 0 amide bonds. The van der Waals surface area contributed by atoms with Crippen LogP contribution in [0.2, 0.25) is 0 Å². The molecule has 0 radical (unpaired) electrons. The molecular weight excluding hydrogens is 363 g/mol. The molecule has 0 saturated heterocycles. The van der Waals surface area contributed by atoms with Gasteiger partial charge in [0.15, 0.2) is 11.5 Å². The summed E-state index contributed by atoms with van der Waals surface area (Å²) in [7, 11) is 0. The lowest BCUT2D eigenvalue weighted by atomic mass is 10.2. The average Bonchev–Trinajstić information content (AvgIpc) is 3.09. The molecule has 3 aromatic heterocycles. The van der Waals surface area contributed by atoms with Crippen molar-refractivity contribution in [1.82, 2.24) is 19.9 Å². The van der Waals surface area contributed by atoms with Crippen LogP contribution in [0.1, 0.15) is 22.5 Å². The summed E-state index contributed by atoms with van der Waals surface area (Å²) in [6.07, 6.45) is 1.78. The fourth-order valence-corrected chi connectivity index (χ4v) is 3.10. The number of hydrogen-bond acceptors (Lipinski definition) is 6. The number of thiazole rings is 1. The van der Waals surface area contributed by atoms with Crippen LogP contribution in [0.25, 0.3) is 11.4 Å². The van der Waals surface area contributed by atoms with Crippen LogP contribution >= 0.6 is 11.3 Å². The average molecular weight is 379 g/mol. The summed E-state index contributed by atoms with van der Waals surface area (Å²) in [5, 5.41) is 3.88. The normalized spacial score (nSPS) is 11.5. The van der Waals surface area contributed by atoms with Gasteiger partial charge in [0.1, 0.15) is 5.82 Å². The van der Waals surface area contributed by atoms with Gasteiger partial charge in [0.25, 0.3) is 0 Å². The maximum Gasteiger partial charge on any atom is 0.433 e. The highest BCUT2D eigenvalue weighted by molar-refractivity contribution is 7.11. The number of aryl methyl sites for hydroxylation is 1. The van der Waals surface area contributed by atoms with Crippen LogP contribution in [-0.4, -0.2) is 26.5 Å². The second-order valence-corrected chi connectivity index (χ2v) is 6.65. The highest BCUT2D eigenvalue weighted by atomic mass is 32.1. The van der Waals surface area contributed by atoms with Crippen LogP contribution in [0.5, 0.6) is 0 Å². The van der Waals surface area contributed by atoms with Crippen LogP contribution in [-0.2, 0) is 19.0 Å². The predicted octanol–water partition coefficient (Wildman–Crippen LogP) is 4.23. The van der Waals surface area contributed by atoms with E-state index < -0.39 is 11.9 Å². The first-order chi connectivity index (χ1) is 12.5. The van der Waals surface area contributed by atoms with Crippen molar-refractivity contribution >= 4 is 17.2 Å². The van der Waals surface area contributed by atoms with E-state index in [0.29, 0.717) is 18.5 Å². The summed E-state index contributed by atoms with van der Waals surface area (Å²) in [5.74, 6) is 0.138. The first kappa shape index (κ1) is 18.2. The van der Waals surface area contributed by atoms with Gasteiger partial charge in [-0.3, -0.25) is 4.98 Å². The standard InChI is InChI=1S/C17H16F3N5S/c1-2-12-10-23-15(26-12)5-8-22-14-9-13(17(18,19)20)24-16(25-14)11-3-6-21-7-4-11/h3-4,6-7,9-10H,2,5,8H2,1H3,(H,22,24,25). The first-order valence-electron chi connectivity index (χ1n) is 8.00. The molecule has 5 nitrogen and oxygen atoms in total. The molecular formula is C17H16F3N5S. The Morgan fingerprint density at radius 1 is 1.15 bits per heavy atom. The van der Waals surface area contributed by atoms with Gasteiger partial charge >= 0.3 is 6.18 Å². The summed E-state index contributed by atoms with van der Waals surface area (Å²) < 4.78 is 39.5. The second-order valence-electron chi connectivity index (χ2n) is 5.45. The van der Waals surface area contributed by atoms with E-state index >= 15 is 0 Å². The largest absolute Gasteiger partial charge is 0.433 e. The Balaban J connectivity index is 1.79. The Labute approximate surface area is 152 Å². The molecule has 0 fully saturated rings. The highest BCUT2D eigenvalue weighted by Crippen LogP contribution is 2.30. The third-order valence-corrected chi connectivity index (χ3v) is 4.75. The minimum absolute atomic E-state index is 0.00671. The van der Waals surface area contributed by atoms with Crippen LogP contribution in [0.15, 0.2) is 36.8 Å². The van der Waals surface area contributed by atoms with E-state index in [9.17, 15) is 13.2 Å². The Kier molecular flexibility index (Phi) is 5.46. The molecule has 0 unspecified atom stereocenters. The van der Waals surface area contributed by atoms with E-state index in [0.717, 1.165) is 17.5 Å². The number of anilines is 1. The third kappa shape index (κ3) is 4.54. The van der Waals surface area contributed by atoms with Gasteiger partial charge in [-0.25, -0.2) is 15.0 Å². The lowest BCUT2D eigenvalue weighted by Crippen LogP contribution is -2.13. The van der Waals surface area contributed by atoms with E-state index in [1.807, 2.05) is 6.20 Å². The Morgan fingerprint density at radius 3 is 2.58 bits per heavy atom. The van der Waals surface area contributed by atoms with Gasteiger partial charge in [-0.1, -0.05) is 6.92 Å². The van der Waals surface area contributed by atoms with Crippen molar-refractivity contribution in [2.24, 2.45) is 0 Å². The van der Waals surface area contributed by atoms with Crippen molar-refractivity contribution in [3.8, 4) is 11.4 Å². The molecule has 136 valence electrons. The fraction of sp³-hybridized carbons (Fsp3) is 0.294. The molecule has 0 aliphatic heterocycles. The lowest BCUT2D eigenvalue weighted by Gasteiger charge is -2.11. The van der Waals surface area contributed by atoms with Gasteiger partial charge in [-0.2, -0.15) is 13.2 Å². The van der Waals surface area contributed by atoms with Gasteiger partial charge in [0.2, 0.25) is 0 Å². The van der Waals surface area contributed by atoms with Crippen LogP contribution in [0.3, 0.4) is 0 Å². The molecule has 3 aromatic rings. The Bertz CT molecular complexity index is 864. The van der Waals surface area contributed by atoms with E-state index in [2.05, 4.69) is 32.2 Å². The molecule has 0 aromatic carbocycles.